The van der Waals surface area contributed by atoms with Gasteiger partial charge in [0.25, 0.3) is 0 Å². The Morgan fingerprint density at radius 1 is 1.11 bits per heavy atom. The number of methoxy groups -OCH3 is 2. The molecule has 16 heteroatoms. The molecule has 2 aliphatic rings. The molecule has 14 nitrogen and oxygen atoms in total. The molecule has 2 fully saturated rings. The first-order valence-corrected chi connectivity index (χ1v) is 13.6. The lowest BCUT2D eigenvalue weighted by Gasteiger charge is -2.35. The van der Waals surface area contributed by atoms with E-state index < -0.39 is 38.9 Å². The lowest BCUT2D eigenvalue weighted by molar-refractivity contribution is 0.103. The SMILES string of the molecule is COc1ncnc(OC)c1-n1c(CS(=O)(=O)[C@H]2C[C@H](O)CN(c3ncc(F)cn3)C2)nnc1[C@@H]1CCCO1. The number of halogens is 1. The molecule has 0 amide bonds. The van der Waals surface area contributed by atoms with Crippen LogP contribution in [0.15, 0.2) is 18.7 Å². The third-order valence-corrected chi connectivity index (χ3v) is 8.47. The van der Waals surface area contributed by atoms with Crippen molar-refractivity contribution >= 4 is 15.8 Å². The first kappa shape index (κ1) is 26.1. The molecule has 3 aromatic heterocycles. The number of nitrogens with zero attached hydrogens (tertiary/aromatic N) is 8. The minimum atomic E-state index is -3.92. The van der Waals surface area contributed by atoms with E-state index in [1.165, 1.54) is 30.0 Å². The number of aliphatic hydroxyl groups excluding tert-OH is 1. The zero-order valence-electron chi connectivity index (χ0n) is 20.8. The van der Waals surface area contributed by atoms with Gasteiger partial charge in [-0.1, -0.05) is 0 Å². The van der Waals surface area contributed by atoms with Crippen LogP contribution in [-0.2, 0) is 20.3 Å². The molecule has 0 bridgehead atoms. The molecule has 0 unspecified atom stereocenters. The predicted molar refractivity (Wildman–Crippen MR) is 129 cm³/mol. The number of hydrogen-bond donors (Lipinski definition) is 1. The summed E-state index contributed by atoms with van der Waals surface area (Å²) < 4.78 is 58.9. The largest absolute Gasteiger partial charge is 0.479 e. The average Bonchev–Trinajstić information content (AvgIpc) is 3.58. The summed E-state index contributed by atoms with van der Waals surface area (Å²) in [6, 6.07) is 0. The number of aromatic nitrogens is 7. The Morgan fingerprint density at radius 3 is 2.45 bits per heavy atom. The number of piperidine rings is 1. The maximum absolute atomic E-state index is 13.7. The Kier molecular flexibility index (Phi) is 7.36. The van der Waals surface area contributed by atoms with Gasteiger partial charge in [-0.2, -0.15) is 9.97 Å². The quantitative estimate of drug-likeness (QED) is 0.410. The Bertz CT molecular complexity index is 1360. The lowest BCUT2D eigenvalue weighted by atomic mass is 10.1. The predicted octanol–water partition coefficient (Wildman–Crippen LogP) is 0.410. The Labute approximate surface area is 217 Å². The molecule has 2 aliphatic heterocycles. The maximum atomic E-state index is 13.7. The molecule has 3 atom stereocenters. The van der Waals surface area contributed by atoms with Crippen LogP contribution in [0.4, 0.5) is 10.3 Å². The number of aliphatic hydroxyl groups is 1. The van der Waals surface area contributed by atoms with Gasteiger partial charge in [-0.3, -0.25) is 4.57 Å². The van der Waals surface area contributed by atoms with Gasteiger partial charge in [0, 0.05) is 19.7 Å². The molecule has 2 saturated heterocycles. The molecular formula is C22H27FN8O6S. The topological polar surface area (TPSA) is 168 Å². The van der Waals surface area contributed by atoms with Crippen LogP contribution in [0, 0.1) is 5.82 Å². The van der Waals surface area contributed by atoms with Crippen molar-refractivity contribution in [3.05, 3.63) is 36.2 Å². The summed E-state index contributed by atoms with van der Waals surface area (Å²) in [5.41, 5.74) is 0.253. The fourth-order valence-electron chi connectivity index (χ4n) is 4.71. The van der Waals surface area contributed by atoms with Crippen LogP contribution < -0.4 is 14.4 Å². The summed E-state index contributed by atoms with van der Waals surface area (Å²) >= 11 is 0. The molecule has 204 valence electrons. The second-order valence-corrected chi connectivity index (χ2v) is 11.3. The molecule has 0 aromatic carbocycles. The van der Waals surface area contributed by atoms with Gasteiger partial charge in [-0.15, -0.1) is 10.2 Å². The third-order valence-electron chi connectivity index (χ3n) is 6.46. The highest BCUT2D eigenvalue weighted by Gasteiger charge is 2.38. The van der Waals surface area contributed by atoms with Crippen LogP contribution >= 0.6 is 0 Å². The van der Waals surface area contributed by atoms with Crippen LogP contribution in [0.1, 0.15) is 37.0 Å². The number of hydrogen-bond acceptors (Lipinski definition) is 13. The Hall–Kier alpha value is -3.50. The van der Waals surface area contributed by atoms with E-state index in [2.05, 4.69) is 30.1 Å². The monoisotopic (exact) mass is 550 g/mol. The number of β-amino-alcohol motifs (C(OH)–C–C–N with tert-alkyl or cyclic N) is 1. The van der Waals surface area contributed by atoms with Gasteiger partial charge in [0.1, 0.15) is 18.2 Å². The van der Waals surface area contributed by atoms with Crippen molar-refractivity contribution < 1.29 is 32.1 Å². The maximum Gasteiger partial charge on any atom is 0.245 e. The zero-order chi connectivity index (χ0) is 26.9. The minimum absolute atomic E-state index is 0.00779. The molecule has 0 radical (unpaired) electrons. The highest BCUT2D eigenvalue weighted by molar-refractivity contribution is 7.91. The molecule has 38 heavy (non-hydrogen) atoms. The van der Waals surface area contributed by atoms with Gasteiger partial charge in [0.2, 0.25) is 17.7 Å². The molecule has 0 spiro atoms. The van der Waals surface area contributed by atoms with E-state index in [-0.39, 0.29) is 48.7 Å². The minimum Gasteiger partial charge on any atom is -0.479 e. The lowest BCUT2D eigenvalue weighted by Crippen LogP contribution is -2.49. The smallest absolute Gasteiger partial charge is 0.245 e. The molecule has 0 saturated carbocycles. The molecule has 0 aliphatic carbocycles. The van der Waals surface area contributed by atoms with Crippen LogP contribution in [-0.4, -0.2) is 93.5 Å². The van der Waals surface area contributed by atoms with E-state index in [1.807, 2.05) is 0 Å². The van der Waals surface area contributed by atoms with Crippen LogP contribution in [0.5, 0.6) is 11.8 Å². The van der Waals surface area contributed by atoms with Gasteiger partial charge < -0.3 is 24.2 Å². The van der Waals surface area contributed by atoms with Gasteiger partial charge >= 0.3 is 0 Å². The summed E-state index contributed by atoms with van der Waals surface area (Å²) in [6.45, 7) is 0.664. The highest BCUT2D eigenvalue weighted by Crippen LogP contribution is 2.36. The van der Waals surface area contributed by atoms with Crippen molar-refractivity contribution in [3.8, 4) is 17.4 Å². The van der Waals surface area contributed by atoms with Crippen molar-refractivity contribution in [1.82, 2.24) is 34.7 Å². The average molecular weight is 551 g/mol. The molecule has 3 aromatic rings. The van der Waals surface area contributed by atoms with Gasteiger partial charge in [0.05, 0.1) is 38.0 Å². The number of rotatable bonds is 8. The zero-order valence-corrected chi connectivity index (χ0v) is 21.6. The highest BCUT2D eigenvalue weighted by atomic mass is 32.2. The number of ether oxygens (including phenoxy) is 3. The van der Waals surface area contributed by atoms with Crippen molar-refractivity contribution in [2.24, 2.45) is 0 Å². The van der Waals surface area contributed by atoms with Gasteiger partial charge in [0.15, 0.2) is 33.0 Å². The fourth-order valence-corrected chi connectivity index (χ4v) is 6.42. The van der Waals surface area contributed by atoms with Gasteiger partial charge in [-0.25, -0.2) is 22.8 Å². The third kappa shape index (κ3) is 5.10. The summed E-state index contributed by atoms with van der Waals surface area (Å²) in [7, 11) is -1.07. The first-order valence-electron chi connectivity index (χ1n) is 11.9. The Morgan fingerprint density at radius 2 is 1.82 bits per heavy atom. The summed E-state index contributed by atoms with van der Waals surface area (Å²) in [5, 5.41) is 18.0. The summed E-state index contributed by atoms with van der Waals surface area (Å²) in [5.74, 6) is -0.249. The van der Waals surface area contributed by atoms with E-state index >= 15 is 0 Å². The van der Waals surface area contributed by atoms with Crippen molar-refractivity contribution in [1.29, 1.82) is 0 Å². The molecule has 5 heterocycles. The molecular weight excluding hydrogens is 523 g/mol. The standard InChI is InChI=1S/C22H27FN8O6S/c1-35-20-18(21(36-2)27-12-26-20)31-17(28-29-19(31)16-4-3-5-37-16)11-38(33,34)15-6-14(32)9-30(10-15)22-24-7-13(23)8-25-22/h7-8,12,14-16,32H,3-6,9-11H2,1-2H3/t14-,15-,16-/m0/s1. The van der Waals surface area contributed by atoms with Gasteiger partial charge in [-0.05, 0) is 19.3 Å². The van der Waals surface area contributed by atoms with Crippen LogP contribution in [0.2, 0.25) is 0 Å². The van der Waals surface area contributed by atoms with Crippen molar-refractivity contribution in [2.45, 2.75) is 42.5 Å². The van der Waals surface area contributed by atoms with Crippen molar-refractivity contribution in [3.63, 3.8) is 0 Å². The summed E-state index contributed by atoms with van der Waals surface area (Å²) in [4.78, 5) is 17.7. The van der Waals surface area contributed by atoms with E-state index in [1.54, 1.807) is 0 Å². The number of sulfone groups is 1. The fraction of sp³-hybridized carbons (Fsp3) is 0.545. The molecule has 1 N–H and O–H groups in total. The second-order valence-electron chi connectivity index (χ2n) is 8.98. The van der Waals surface area contributed by atoms with Crippen LogP contribution in [0.25, 0.3) is 5.69 Å². The van der Waals surface area contributed by atoms with E-state index in [0.717, 1.165) is 18.8 Å². The van der Waals surface area contributed by atoms with E-state index in [9.17, 15) is 17.9 Å². The molecule has 5 rings (SSSR count). The van der Waals surface area contributed by atoms with Crippen LogP contribution in [0.3, 0.4) is 0 Å². The number of anilines is 1. The van der Waals surface area contributed by atoms with Crippen molar-refractivity contribution in [2.75, 3.05) is 38.8 Å². The first-order chi connectivity index (χ1) is 18.3. The normalized spacial score (nSPS) is 22.0. The Balaban J connectivity index is 1.51. The summed E-state index contributed by atoms with van der Waals surface area (Å²) in [6.07, 6.45) is 3.36. The second kappa shape index (κ2) is 10.7. The van der Waals surface area contributed by atoms with E-state index in [4.69, 9.17) is 14.2 Å². The van der Waals surface area contributed by atoms with E-state index in [0.29, 0.717) is 18.9 Å².